The molecule has 0 amide bonds. The highest BCUT2D eigenvalue weighted by Crippen LogP contribution is 2.29. The van der Waals surface area contributed by atoms with Crippen LogP contribution in [0.3, 0.4) is 0 Å². The molecule has 0 spiro atoms. The van der Waals surface area contributed by atoms with Crippen molar-refractivity contribution in [2.24, 2.45) is 0 Å². The van der Waals surface area contributed by atoms with Crippen molar-refractivity contribution < 1.29 is 23.8 Å². The summed E-state index contributed by atoms with van der Waals surface area (Å²) in [4.78, 5) is 11.1. The lowest BCUT2D eigenvalue weighted by Crippen LogP contribution is -2.16. The van der Waals surface area contributed by atoms with E-state index in [1.807, 2.05) is 0 Å². The van der Waals surface area contributed by atoms with Crippen LogP contribution < -0.4 is 4.74 Å². The summed E-state index contributed by atoms with van der Waals surface area (Å²) in [5.74, 6) is -1.18. The van der Waals surface area contributed by atoms with Crippen molar-refractivity contribution in [1.29, 1.82) is 0 Å². The van der Waals surface area contributed by atoms with Crippen LogP contribution in [0.4, 0.5) is 4.39 Å². The van der Waals surface area contributed by atoms with Gasteiger partial charge < -0.3 is 14.6 Å². The molecule has 1 aromatic rings. The summed E-state index contributed by atoms with van der Waals surface area (Å²) in [6.45, 7) is 1.56. The predicted molar refractivity (Wildman–Crippen MR) is 54.7 cm³/mol. The third kappa shape index (κ3) is 2.14. The molecule has 0 fully saturated rings. The van der Waals surface area contributed by atoms with Crippen molar-refractivity contribution >= 4 is 5.97 Å². The number of ether oxygens (including phenoxy) is 2. The van der Waals surface area contributed by atoms with E-state index in [1.165, 1.54) is 13.2 Å². The lowest BCUT2D eigenvalue weighted by molar-refractivity contribution is -0.150. The van der Waals surface area contributed by atoms with Crippen LogP contribution in [0.15, 0.2) is 12.1 Å². The van der Waals surface area contributed by atoms with Gasteiger partial charge in [-0.3, -0.25) is 0 Å². The minimum atomic E-state index is -1.64. The molecule has 0 aliphatic rings. The van der Waals surface area contributed by atoms with E-state index in [0.717, 1.165) is 13.2 Å². The number of methoxy groups -OCH3 is 2. The molecule has 1 aromatic carbocycles. The molecule has 1 unspecified atom stereocenters. The van der Waals surface area contributed by atoms with Crippen LogP contribution in [0.5, 0.6) is 5.75 Å². The Hall–Kier alpha value is -1.62. The molecule has 0 bridgehead atoms. The van der Waals surface area contributed by atoms with Crippen LogP contribution in [-0.4, -0.2) is 25.3 Å². The normalized spacial score (nSPS) is 12.1. The Morgan fingerprint density at radius 3 is 2.56 bits per heavy atom. The molecule has 5 heteroatoms. The highest BCUT2D eigenvalue weighted by molar-refractivity contribution is 5.77. The molecule has 0 radical (unpaired) electrons. The first-order chi connectivity index (χ1) is 7.52. The third-order valence-corrected chi connectivity index (χ3v) is 2.33. The van der Waals surface area contributed by atoms with Gasteiger partial charge in [0.1, 0.15) is 11.6 Å². The zero-order chi connectivity index (χ0) is 12.3. The number of halogens is 1. The fourth-order valence-electron chi connectivity index (χ4n) is 1.46. The summed E-state index contributed by atoms with van der Waals surface area (Å²) < 4.78 is 22.8. The van der Waals surface area contributed by atoms with Crippen LogP contribution in [0, 0.1) is 12.7 Å². The lowest BCUT2D eigenvalue weighted by atomic mass is 10.0. The van der Waals surface area contributed by atoms with E-state index in [-0.39, 0.29) is 5.56 Å². The van der Waals surface area contributed by atoms with Crippen LogP contribution >= 0.6 is 0 Å². The SMILES string of the molecule is COC(=O)C(O)c1c(F)ccc(OC)c1C. The average molecular weight is 228 g/mol. The third-order valence-electron chi connectivity index (χ3n) is 2.33. The van der Waals surface area contributed by atoms with Gasteiger partial charge in [-0.15, -0.1) is 0 Å². The maximum Gasteiger partial charge on any atom is 0.339 e. The van der Waals surface area contributed by atoms with E-state index in [4.69, 9.17) is 4.74 Å². The largest absolute Gasteiger partial charge is 0.496 e. The fourth-order valence-corrected chi connectivity index (χ4v) is 1.46. The average Bonchev–Trinajstić information content (AvgIpc) is 2.28. The van der Waals surface area contributed by atoms with Gasteiger partial charge in [-0.25, -0.2) is 9.18 Å². The first-order valence-electron chi connectivity index (χ1n) is 4.61. The summed E-state index contributed by atoms with van der Waals surface area (Å²) in [7, 11) is 2.55. The molecule has 0 aliphatic heterocycles. The van der Waals surface area contributed by atoms with Crippen molar-refractivity contribution in [3.05, 3.63) is 29.1 Å². The Balaban J connectivity index is 3.26. The van der Waals surface area contributed by atoms with Gasteiger partial charge in [0.05, 0.1) is 14.2 Å². The zero-order valence-corrected chi connectivity index (χ0v) is 9.28. The van der Waals surface area contributed by atoms with Crippen LogP contribution in [0.25, 0.3) is 0 Å². The van der Waals surface area contributed by atoms with Gasteiger partial charge >= 0.3 is 5.97 Å². The van der Waals surface area contributed by atoms with Crippen LogP contribution in [-0.2, 0) is 9.53 Å². The topological polar surface area (TPSA) is 55.8 Å². The van der Waals surface area contributed by atoms with Gasteiger partial charge in [-0.2, -0.15) is 0 Å². The quantitative estimate of drug-likeness (QED) is 0.793. The molecular formula is C11H13FO4. The monoisotopic (exact) mass is 228 g/mol. The van der Waals surface area contributed by atoms with Gasteiger partial charge in [0.2, 0.25) is 0 Å². The molecular weight excluding hydrogens is 215 g/mol. The first-order valence-corrected chi connectivity index (χ1v) is 4.61. The highest BCUT2D eigenvalue weighted by atomic mass is 19.1. The minimum absolute atomic E-state index is 0.119. The van der Waals surface area contributed by atoms with Gasteiger partial charge in [0.15, 0.2) is 6.10 Å². The summed E-state index contributed by atoms with van der Waals surface area (Å²) in [5.41, 5.74) is 0.256. The van der Waals surface area contributed by atoms with Crippen molar-refractivity contribution in [2.75, 3.05) is 14.2 Å². The Labute approximate surface area is 92.6 Å². The van der Waals surface area contributed by atoms with Crippen molar-refractivity contribution in [1.82, 2.24) is 0 Å². The molecule has 1 N–H and O–H groups in total. The molecule has 1 rings (SSSR count). The van der Waals surface area contributed by atoms with E-state index < -0.39 is 17.9 Å². The zero-order valence-electron chi connectivity index (χ0n) is 9.28. The van der Waals surface area contributed by atoms with Gasteiger partial charge in [0.25, 0.3) is 0 Å². The summed E-state index contributed by atoms with van der Waals surface area (Å²) >= 11 is 0. The molecule has 16 heavy (non-hydrogen) atoms. The van der Waals surface area contributed by atoms with Crippen LogP contribution in [0.1, 0.15) is 17.2 Å². The molecule has 0 saturated heterocycles. The second kappa shape index (κ2) is 4.94. The minimum Gasteiger partial charge on any atom is -0.496 e. The van der Waals surface area contributed by atoms with Gasteiger partial charge in [-0.05, 0) is 19.1 Å². The number of esters is 1. The lowest BCUT2D eigenvalue weighted by Gasteiger charge is -2.15. The van der Waals surface area contributed by atoms with Gasteiger partial charge in [0, 0.05) is 11.1 Å². The second-order valence-electron chi connectivity index (χ2n) is 3.21. The molecule has 0 heterocycles. The highest BCUT2D eigenvalue weighted by Gasteiger charge is 2.25. The fraction of sp³-hybridized carbons (Fsp3) is 0.364. The van der Waals surface area contributed by atoms with Gasteiger partial charge in [-0.1, -0.05) is 0 Å². The predicted octanol–water partition coefficient (Wildman–Crippen LogP) is 1.35. The van der Waals surface area contributed by atoms with E-state index >= 15 is 0 Å². The number of carbonyl (C=O) groups is 1. The van der Waals surface area contributed by atoms with E-state index in [2.05, 4.69) is 4.74 Å². The number of rotatable bonds is 3. The Kier molecular flexibility index (Phi) is 3.84. The Morgan fingerprint density at radius 2 is 2.06 bits per heavy atom. The first kappa shape index (κ1) is 12.4. The molecule has 0 aromatic heterocycles. The summed E-state index contributed by atoms with van der Waals surface area (Å²) in [5, 5.41) is 9.60. The number of benzene rings is 1. The van der Waals surface area contributed by atoms with Crippen LogP contribution in [0.2, 0.25) is 0 Å². The number of aliphatic hydroxyl groups is 1. The summed E-state index contributed by atoms with van der Waals surface area (Å²) in [6.07, 6.45) is -1.64. The van der Waals surface area contributed by atoms with Crippen molar-refractivity contribution in [2.45, 2.75) is 13.0 Å². The molecule has 1 atom stereocenters. The number of hydrogen-bond acceptors (Lipinski definition) is 4. The molecule has 88 valence electrons. The van der Waals surface area contributed by atoms with E-state index in [1.54, 1.807) is 6.92 Å². The smallest absolute Gasteiger partial charge is 0.339 e. The molecule has 0 aliphatic carbocycles. The number of carbonyl (C=O) groups excluding carboxylic acids is 1. The maximum atomic E-state index is 13.5. The van der Waals surface area contributed by atoms with E-state index in [9.17, 15) is 14.3 Å². The standard InChI is InChI=1S/C11H13FO4/c1-6-8(15-2)5-4-7(12)9(6)10(13)11(14)16-3/h4-5,10,13H,1-3H3. The number of aliphatic hydroxyl groups excluding tert-OH is 1. The Bertz CT molecular complexity index is 403. The molecule has 4 nitrogen and oxygen atoms in total. The second-order valence-corrected chi connectivity index (χ2v) is 3.21. The number of hydrogen-bond donors (Lipinski definition) is 1. The molecule has 0 saturated carbocycles. The Morgan fingerprint density at radius 1 is 1.44 bits per heavy atom. The van der Waals surface area contributed by atoms with Crippen molar-refractivity contribution in [3.63, 3.8) is 0 Å². The maximum absolute atomic E-state index is 13.5. The van der Waals surface area contributed by atoms with E-state index in [0.29, 0.717) is 11.3 Å². The van der Waals surface area contributed by atoms with Crippen molar-refractivity contribution in [3.8, 4) is 5.75 Å². The summed E-state index contributed by atoms with van der Waals surface area (Å²) in [6, 6.07) is 2.56.